The SMILES string of the molecule is O=Cc1ccccc1C1=CCSS1. The molecule has 1 aliphatic heterocycles. The molecule has 0 aliphatic carbocycles. The Kier molecular flexibility index (Phi) is 2.76. The number of carbonyl (C=O) groups is 1. The molecule has 0 aromatic heterocycles. The fourth-order valence-electron chi connectivity index (χ4n) is 1.22. The van der Waals surface area contributed by atoms with Gasteiger partial charge < -0.3 is 0 Å². The lowest BCUT2D eigenvalue weighted by Crippen LogP contribution is -1.87. The molecule has 0 amide bonds. The van der Waals surface area contributed by atoms with Crippen LogP contribution in [0, 0.1) is 0 Å². The molecule has 0 saturated carbocycles. The quantitative estimate of drug-likeness (QED) is 0.548. The second-order valence-electron chi connectivity index (χ2n) is 2.64. The fraction of sp³-hybridized carbons (Fsp3) is 0.100. The summed E-state index contributed by atoms with van der Waals surface area (Å²) in [6.07, 6.45) is 3.08. The van der Waals surface area contributed by atoms with Crippen LogP contribution in [0.3, 0.4) is 0 Å². The van der Waals surface area contributed by atoms with Gasteiger partial charge in [-0.1, -0.05) is 51.9 Å². The third-order valence-corrected chi connectivity index (χ3v) is 4.13. The predicted octanol–water partition coefficient (Wildman–Crippen LogP) is 3.24. The van der Waals surface area contributed by atoms with Crippen molar-refractivity contribution in [3.05, 3.63) is 41.5 Å². The molecule has 1 aromatic rings. The summed E-state index contributed by atoms with van der Waals surface area (Å²) < 4.78 is 0. The zero-order valence-electron chi connectivity index (χ0n) is 6.90. The number of hydrogen-bond acceptors (Lipinski definition) is 3. The Morgan fingerprint density at radius 2 is 2.15 bits per heavy atom. The van der Waals surface area contributed by atoms with E-state index >= 15 is 0 Å². The standard InChI is InChI=1S/C10H8OS2/c11-7-8-3-1-2-4-9(8)10-5-6-12-13-10/h1-5,7H,6H2. The first-order valence-corrected chi connectivity index (χ1v) is 6.28. The van der Waals surface area contributed by atoms with Gasteiger partial charge in [-0.3, -0.25) is 4.79 Å². The Morgan fingerprint density at radius 3 is 2.85 bits per heavy atom. The molecule has 0 saturated heterocycles. The van der Waals surface area contributed by atoms with Gasteiger partial charge in [0.15, 0.2) is 6.29 Å². The van der Waals surface area contributed by atoms with E-state index in [-0.39, 0.29) is 0 Å². The van der Waals surface area contributed by atoms with Crippen molar-refractivity contribution < 1.29 is 4.79 Å². The fourth-order valence-corrected chi connectivity index (χ4v) is 3.45. The van der Waals surface area contributed by atoms with Crippen molar-refractivity contribution in [2.75, 3.05) is 5.75 Å². The van der Waals surface area contributed by atoms with Crippen LogP contribution in [0.4, 0.5) is 0 Å². The molecule has 0 atom stereocenters. The average molecular weight is 208 g/mol. The van der Waals surface area contributed by atoms with Crippen molar-refractivity contribution in [2.45, 2.75) is 0 Å². The van der Waals surface area contributed by atoms with Gasteiger partial charge >= 0.3 is 0 Å². The van der Waals surface area contributed by atoms with E-state index < -0.39 is 0 Å². The predicted molar refractivity (Wildman–Crippen MR) is 59.9 cm³/mol. The Hall–Kier alpha value is -0.670. The molecule has 1 aromatic carbocycles. The van der Waals surface area contributed by atoms with E-state index in [2.05, 4.69) is 6.08 Å². The largest absolute Gasteiger partial charge is 0.298 e. The molecule has 13 heavy (non-hydrogen) atoms. The van der Waals surface area contributed by atoms with Crippen LogP contribution in [0.2, 0.25) is 0 Å². The second kappa shape index (κ2) is 4.03. The number of carbonyl (C=O) groups excluding carboxylic acids is 1. The van der Waals surface area contributed by atoms with Crippen LogP contribution in [0.5, 0.6) is 0 Å². The molecule has 1 heterocycles. The van der Waals surface area contributed by atoms with Gasteiger partial charge in [-0.15, -0.1) is 0 Å². The number of rotatable bonds is 2. The van der Waals surface area contributed by atoms with Crippen LogP contribution in [0.25, 0.3) is 4.91 Å². The lowest BCUT2D eigenvalue weighted by atomic mass is 10.1. The maximum absolute atomic E-state index is 10.7. The van der Waals surface area contributed by atoms with Crippen molar-refractivity contribution in [3.63, 3.8) is 0 Å². The van der Waals surface area contributed by atoms with Crippen molar-refractivity contribution in [2.24, 2.45) is 0 Å². The monoisotopic (exact) mass is 208 g/mol. The van der Waals surface area contributed by atoms with Crippen LogP contribution < -0.4 is 0 Å². The molecule has 3 heteroatoms. The van der Waals surface area contributed by atoms with Crippen LogP contribution >= 0.6 is 21.6 Å². The van der Waals surface area contributed by atoms with E-state index in [0.29, 0.717) is 0 Å². The molecule has 1 nitrogen and oxygen atoms in total. The Labute approximate surface area is 85.0 Å². The minimum Gasteiger partial charge on any atom is -0.298 e. The normalized spacial score (nSPS) is 15.5. The van der Waals surface area contributed by atoms with Crippen molar-refractivity contribution in [1.29, 1.82) is 0 Å². The highest BCUT2D eigenvalue weighted by Gasteiger charge is 2.11. The summed E-state index contributed by atoms with van der Waals surface area (Å²) in [5.41, 5.74) is 1.84. The van der Waals surface area contributed by atoms with Crippen molar-refractivity contribution >= 4 is 32.8 Å². The van der Waals surface area contributed by atoms with E-state index in [1.807, 2.05) is 24.3 Å². The smallest absolute Gasteiger partial charge is 0.150 e. The van der Waals surface area contributed by atoms with Crippen molar-refractivity contribution in [3.8, 4) is 0 Å². The number of hydrogen-bond donors (Lipinski definition) is 0. The summed E-state index contributed by atoms with van der Waals surface area (Å²) in [5.74, 6) is 1.03. The Balaban J connectivity index is 2.43. The molecule has 0 bridgehead atoms. The summed E-state index contributed by atoms with van der Waals surface area (Å²) in [6.45, 7) is 0. The zero-order chi connectivity index (χ0) is 9.10. The lowest BCUT2D eigenvalue weighted by Gasteiger charge is -2.02. The molecule has 0 radical (unpaired) electrons. The zero-order valence-corrected chi connectivity index (χ0v) is 8.53. The van der Waals surface area contributed by atoms with Crippen molar-refractivity contribution in [1.82, 2.24) is 0 Å². The molecule has 0 spiro atoms. The molecule has 0 N–H and O–H groups in total. The summed E-state index contributed by atoms with van der Waals surface area (Å²) in [4.78, 5) is 12.0. The highest BCUT2D eigenvalue weighted by atomic mass is 33.1. The van der Waals surface area contributed by atoms with Gasteiger partial charge in [0.25, 0.3) is 0 Å². The van der Waals surface area contributed by atoms with Crippen LogP contribution in [-0.2, 0) is 0 Å². The molecule has 2 rings (SSSR count). The minimum absolute atomic E-state index is 0.781. The summed E-state index contributed by atoms with van der Waals surface area (Å²) in [6, 6.07) is 7.70. The Bertz CT molecular complexity index is 358. The van der Waals surface area contributed by atoms with Crippen LogP contribution in [0.15, 0.2) is 30.3 Å². The van der Waals surface area contributed by atoms with Crippen LogP contribution in [-0.4, -0.2) is 12.0 Å². The highest BCUT2D eigenvalue weighted by molar-refractivity contribution is 8.80. The van der Waals surface area contributed by atoms with Gasteiger partial charge in [-0.05, 0) is 5.56 Å². The average Bonchev–Trinajstić information content (AvgIpc) is 2.70. The van der Waals surface area contributed by atoms with Gasteiger partial charge in [-0.25, -0.2) is 0 Å². The molecular formula is C10H8OS2. The van der Waals surface area contributed by atoms with Gasteiger partial charge in [0.1, 0.15) is 0 Å². The summed E-state index contributed by atoms with van der Waals surface area (Å²) >= 11 is 0. The first kappa shape index (κ1) is 8.91. The van der Waals surface area contributed by atoms with Gasteiger partial charge in [0.05, 0.1) is 0 Å². The van der Waals surface area contributed by atoms with Gasteiger partial charge in [-0.2, -0.15) is 0 Å². The Morgan fingerprint density at radius 1 is 1.31 bits per heavy atom. The maximum Gasteiger partial charge on any atom is 0.150 e. The topological polar surface area (TPSA) is 17.1 Å². The molecule has 0 unspecified atom stereocenters. The highest BCUT2D eigenvalue weighted by Crippen LogP contribution is 2.43. The first-order valence-electron chi connectivity index (χ1n) is 3.96. The van der Waals surface area contributed by atoms with E-state index in [9.17, 15) is 4.79 Å². The van der Waals surface area contributed by atoms with Crippen LogP contribution in [0.1, 0.15) is 15.9 Å². The molecule has 0 fully saturated rings. The van der Waals surface area contributed by atoms with E-state index in [1.54, 1.807) is 21.6 Å². The maximum atomic E-state index is 10.7. The molecule has 66 valence electrons. The first-order chi connectivity index (χ1) is 6.42. The third-order valence-electron chi connectivity index (χ3n) is 1.84. The lowest BCUT2D eigenvalue weighted by molar-refractivity contribution is 0.112. The molecular weight excluding hydrogens is 200 g/mol. The summed E-state index contributed by atoms with van der Waals surface area (Å²) in [7, 11) is 3.55. The van der Waals surface area contributed by atoms with E-state index in [4.69, 9.17) is 0 Å². The van der Waals surface area contributed by atoms with Gasteiger partial charge in [0.2, 0.25) is 0 Å². The van der Waals surface area contributed by atoms with E-state index in [0.717, 1.165) is 23.2 Å². The summed E-state index contributed by atoms with van der Waals surface area (Å²) in [5, 5.41) is 0. The third kappa shape index (κ3) is 1.81. The van der Waals surface area contributed by atoms with Gasteiger partial charge in [0, 0.05) is 16.2 Å². The minimum atomic E-state index is 0.781. The number of benzene rings is 1. The molecule has 1 aliphatic rings. The van der Waals surface area contributed by atoms with E-state index in [1.165, 1.54) is 4.91 Å². The second-order valence-corrected chi connectivity index (χ2v) is 5.02. The number of aldehydes is 1.